The summed E-state index contributed by atoms with van der Waals surface area (Å²) in [5, 5.41) is 8.98. The average Bonchev–Trinajstić information content (AvgIpc) is 2.51. The predicted octanol–water partition coefficient (Wildman–Crippen LogP) is 4.22. The fourth-order valence-electron chi connectivity index (χ4n) is 2.10. The van der Waals surface area contributed by atoms with E-state index in [0.29, 0.717) is 27.6 Å². The molecule has 0 aliphatic rings. The van der Waals surface area contributed by atoms with Gasteiger partial charge in [-0.2, -0.15) is 0 Å². The lowest BCUT2D eigenvalue weighted by atomic mass is 10.2. The van der Waals surface area contributed by atoms with Crippen molar-refractivity contribution < 1.29 is 0 Å². The van der Waals surface area contributed by atoms with E-state index in [0.717, 1.165) is 5.56 Å². The largest absolute Gasteiger partial charge is 0.319 e. The van der Waals surface area contributed by atoms with Gasteiger partial charge in [-0.15, -0.1) is 0 Å². The number of nitrogens with one attached hydrogen (secondary N) is 2. The summed E-state index contributed by atoms with van der Waals surface area (Å²) < 4.78 is 1.56. The summed E-state index contributed by atoms with van der Waals surface area (Å²) >= 11 is 18.1. The van der Waals surface area contributed by atoms with Crippen molar-refractivity contribution in [3.8, 4) is 0 Å². The van der Waals surface area contributed by atoms with Gasteiger partial charge in [-0.25, -0.2) is 9.66 Å². The summed E-state index contributed by atoms with van der Waals surface area (Å²) in [5.74, 6) is 0. The number of halogens is 3. The highest BCUT2D eigenvalue weighted by atomic mass is 35.5. The van der Waals surface area contributed by atoms with Crippen LogP contribution in [0.2, 0.25) is 15.2 Å². The van der Waals surface area contributed by atoms with Crippen molar-refractivity contribution in [1.29, 1.82) is 5.41 Å². The SMILES string of the molecule is N=c1c(Cl)nc2cc(Cl)c(Cl)cc2n1NCc1ccccc1. The molecule has 0 atom stereocenters. The highest BCUT2D eigenvalue weighted by Crippen LogP contribution is 2.26. The quantitative estimate of drug-likeness (QED) is 0.740. The summed E-state index contributed by atoms with van der Waals surface area (Å²) in [6.07, 6.45) is 0. The van der Waals surface area contributed by atoms with Gasteiger partial charge in [0.1, 0.15) is 0 Å². The molecular weight excluding hydrogens is 343 g/mol. The Labute approximate surface area is 141 Å². The molecule has 0 spiro atoms. The molecule has 112 valence electrons. The number of benzene rings is 2. The molecule has 2 N–H and O–H groups in total. The normalized spacial score (nSPS) is 10.9. The van der Waals surface area contributed by atoms with E-state index in [1.165, 1.54) is 0 Å². The molecule has 1 aromatic heterocycles. The van der Waals surface area contributed by atoms with Crippen LogP contribution in [0.25, 0.3) is 11.0 Å². The fraction of sp³-hybridized carbons (Fsp3) is 0.0667. The van der Waals surface area contributed by atoms with Crippen molar-refractivity contribution in [3.05, 3.63) is 68.7 Å². The molecule has 0 saturated heterocycles. The van der Waals surface area contributed by atoms with E-state index in [-0.39, 0.29) is 10.6 Å². The van der Waals surface area contributed by atoms with E-state index >= 15 is 0 Å². The van der Waals surface area contributed by atoms with E-state index in [9.17, 15) is 0 Å². The Hall–Kier alpha value is -1.75. The van der Waals surface area contributed by atoms with Gasteiger partial charge in [0, 0.05) is 0 Å². The van der Waals surface area contributed by atoms with E-state index in [1.807, 2.05) is 30.3 Å². The number of aromatic nitrogens is 2. The molecule has 0 aliphatic carbocycles. The topological polar surface area (TPSA) is 53.7 Å². The van der Waals surface area contributed by atoms with Crippen LogP contribution < -0.4 is 10.9 Å². The van der Waals surface area contributed by atoms with Crippen molar-refractivity contribution in [2.75, 3.05) is 5.43 Å². The van der Waals surface area contributed by atoms with Crippen LogP contribution >= 0.6 is 34.8 Å². The third-order valence-corrected chi connectivity index (χ3v) is 4.17. The lowest BCUT2D eigenvalue weighted by Crippen LogP contribution is -2.30. The first-order valence-electron chi connectivity index (χ1n) is 6.46. The minimum Gasteiger partial charge on any atom is -0.319 e. The first-order chi connectivity index (χ1) is 10.6. The van der Waals surface area contributed by atoms with Crippen LogP contribution in [-0.4, -0.2) is 9.66 Å². The first-order valence-corrected chi connectivity index (χ1v) is 7.59. The third-order valence-electron chi connectivity index (χ3n) is 3.18. The number of nitrogens with zero attached hydrogens (tertiary/aromatic N) is 2. The number of hydrogen-bond acceptors (Lipinski definition) is 3. The second-order valence-corrected chi connectivity index (χ2v) is 5.83. The molecule has 0 unspecified atom stereocenters. The molecule has 0 saturated carbocycles. The summed E-state index contributed by atoms with van der Waals surface area (Å²) in [6, 6.07) is 13.1. The van der Waals surface area contributed by atoms with Gasteiger partial charge in [-0.1, -0.05) is 65.1 Å². The maximum atomic E-state index is 8.10. The van der Waals surface area contributed by atoms with Gasteiger partial charge in [0.15, 0.2) is 10.6 Å². The maximum absolute atomic E-state index is 8.10. The molecule has 0 aliphatic heterocycles. The lowest BCUT2D eigenvalue weighted by molar-refractivity contribution is 0.795. The summed E-state index contributed by atoms with van der Waals surface area (Å²) in [5.41, 5.74) is 5.51. The molecule has 0 bridgehead atoms. The smallest absolute Gasteiger partial charge is 0.182 e. The third kappa shape index (κ3) is 2.90. The highest BCUT2D eigenvalue weighted by molar-refractivity contribution is 6.42. The summed E-state index contributed by atoms with van der Waals surface area (Å²) in [4.78, 5) is 4.17. The Morgan fingerprint density at radius 3 is 2.45 bits per heavy atom. The average molecular weight is 354 g/mol. The minimum atomic E-state index is 0.0588. The van der Waals surface area contributed by atoms with E-state index < -0.39 is 0 Å². The van der Waals surface area contributed by atoms with Crippen LogP contribution in [0.15, 0.2) is 42.5 Å². The second kappa shape index (κ2) is 6.16. The van der Waals surface area contributed by atoms with Crippen molar-refractivity contribution >= 4 is 45.8 Å². The van der Waals surface area contributed by atoms with Crippen LogP contribution in [0, 0.1) is 5.41 Å². The van der Waals surface area contributed by atoms with Crippen molar-refractivity contribution in [2.24, 2.45) is 0 Å². The molecule has 22 heavy (non-hydrogen) atoms. The Morgan fingerprint density at radius 1 is 1.05 bits per heavy atom. The molecule has 0 amide bonds. The minimum absolute atomic E-state index is 0.0588. The summed E-state index contributed by atoms with van der Waals surface area (Å²) in [7, 11) is 0. The summed E-state index contributed by atoms with van der Waals surface area (Å²) in [6.45, 7) is 0.535. The van der Waals surface area contributed by atoms with Gasteiger partial charge in [0.2, 0.25) is 0 Å². The molecule has 1 heterocycles. The zero-order valence-corrected chi connectivity index (χ0v) is 13.5. The molecule has 4 nitrogen and oxygen atoms in total. The van der Waals surface area contributed by atoms with Crippen molar-refractivity contribution in [2.45, 2.75) is 6.54 Å². The van der Waals surface area contributed by atoms with E-state index in [2.05, 4.69) is 10.4 Å². The van der Waals surface area contributed by atoms with Crippen LogP contribution in [0.3, 0.4) is 0 Å². The van der Waals surface area contributed by atoms with Gasteiger partial charge in [0.25, 0.3) is 0 Å². The molecule has 3 aromatic rings. The standard InChI is InChI=1S/C15H11Cl3N4/c16-10-6-12-13(7-11(10)17)22(15(19)14(18)21-12)20-8-9-4-2-1-3-5-9/h1-7,19-20H,8H2. The zero-order chi connectivity index (χ0) is 15.7. The Balaban J connectivity index is 2.09. The van der Waals surface area contributed by atoms with E-state index in [4.69, 9.17) is 40.2 Å². The van der Waals surface area contributed by atoms with Crippen LogP contribution in [0.4, 0.5) is 0 Å². The Kier molecular flexibility index (Phi) is 4.25. The van der Waals surface area contributed by atoms with Crippen LogP contribution in [0.5, 0.6) is 0 Å². The number of fused-ring (bicyclic) bond motifs is 1. The molecule has 3 rings (SSSR count). The van der Waals surface area contributed by atoms with Gasteiger partial charge in [-0.05, 0) is 17.7 Å². The van der Waals surface area contributed by atoms with Crippen LogP contribution in [0.1, 0.15) is 5.56 Å². The second-order valence-electron chi connectivity index (χ2n) is 4.66. The van der Waals surface area contributed by atoms with Gasteiger partial charge >= 0.3 is 0 Å². The molecule has 0 fully saturated rings. The predicted molar refractivity (Wildman–Crippen MR) is 90.1 cm³/mol. The van der Waals surface area contributed by atoms with Crippen molar-refractivity contribution in [3.63, 3.8) is 0 Å². The first kappa shape index (κ1) is 15.2. The molecular formula is C15H11Cl3N4. The monoisotopic (exact) mass is 352 g/mol. The Morgan fingerprint density at radius 2 is 1.73 bits per heavy atom. The number of hydrogen-bond donors (Lipinski definition) is 2. The van der Waals surface area contributed by atoms with Gasteiger partial charge in [0.05, 0.1) is 27.6 Å². The van der Waals surface area contributed by atoms with Crippen LogP contribution in [-0.2, 0) is 6.54 Å². The number of rotatable bonds is 3. The Bertz CT molecular complexity index is 891. The maximum Gasteiger partial charge on any atom is 0.182 e. The highest BCUT2D eigenvalue weighted by Gasteiger charge is 2.10. The zero-order valence-electron chi connectivity index (χ0n) is 11.3. The molecule has 0 radical (unpaired) electrons. The lowest BCUT2D eigenvalue weighted by Gasteiger charge is -2.15. The van der Waals surface area contributed by atoms with E-state index in [1.54, 1.807) is 16.8 Å². The van der Waals surface area contributed by atoms with Crippen molar-refractivity contribution in [1.82, 2.24) is 9.66 Å². The fourth-order valence-corrected chi connectivity index (χ4v) is 2.59. The van der Waals surface area contributed by atoms with Gasteiger partial charge < -0.3 is 5.43 Å². The molecule has 2 aromatic carbocycles. The molecule has 7 heteroatoms. The van der Waals surface area contributed by atoms with Gasteiger partial charge in [-0.3, -0.25) is 5.41 Å².